The third-order valence-corrected chi connectivity index (χ3v) is 6.17. The molecule has 1 fully saturated rings. The van der Waals surface area contributed by atoms with Gasteiger partial charge in [0.05, 0.1) is 23.3 Å². The van der Waals surface area contributed by atoms with Gasteiger partial charge in [0.1, 0.15) is 5.82 Å². The van der Waals surface area contributed by atoms with Crippen molar-refractivity contribution in [3.05, 3.63) is 84.2 Å². The second-order valence-electron chi connectivity index (χ2n) is 8.46. The molecule has 2 aromatic carbocycles. The molecule has 168 valence electrons. The Morgan fingerprint density at radius 2 is 1.97 bits per heavy atom. The van der Waals surface area contributed by atoms with Crippen LogP contribution in [0.5, 0.6) is 0 Å². The van der Waals surface area contributed by atoms with Crippen LogP contribution >= 0.6 is 0 Å². The lowest BCUT2D eigenvalue weighted by molar-refractivity contribution is -0.128. The van der Waals surface area contributed by atoms with Crippen molar-refractivity contribution < 1.29 is 9.59 Å². The molecular weight excluding hydrogens is 416 g/mol. The van der Waals surface area contributed by atoms with E-state index in [1.54, 1.807) is 17.4 Å². The molecule has 0 aliphatic carbocycles. The number of carbonyl (C=O) groups is 2. The van der Waals surface area contributed by atoms with Crippen LogP contribution in [0.2, 0.25) is 0 Å². The van der Waals surface area contributed by atoms with Crippen LogP contribution in [0.15, 0.2) is 67.3 Å². The Morgan fingerprint density at radius 3 is 2.76 bits per heavy atom. The van der Waals surface area contributed by atoms with Crippen LogP contribution < -0.4 is 5.32 Å². The molecule has 0 atom stereocenters. The van der Waals surface area contributed by atoms with Crippen LogP contribution in [-0.2, 0) is 24.8 Å². The molecular formula is C25H26N6O2. The number of amides is 2. The molecule has 2 aromatic heterocycles. The molecule has 0 unspecified atom stereocenters. The lowest BCUT2D eigenvalue weighted by atomic mass is 9.97. The highest BCUT2D eigenvalue weighted by molar-refractivity contribution is 5.96. The van der Waals surface area contributed by atoms with Gasteiger partial charge < -0.3 is 19.4 Å². The van der Waals surface area contributed by atoms with Crippen LogP contribution in [-0.4, -0.2) is 55.5 Å². The number of rotatable bonds is 7. The average molecular weight is 443 g/mol. The van der Waals surface area contributed by atoms with Gasteiger partial charge in [-0.25, -0.2) is 9.97 Å². The Morgan fingerprint density at radius 1 is 1.12 bits per heavy atom. The van der Waals surface area contributed by atoms with Crippen LogP contribution in [0.1, 0.15) is 21.7 Å². The maximum atomic E-state index is 12.8. The van der Waals surface area contributed by atoms with E-state index in [0.717, 1.165) is 22.4 Å². The maximum absolute atomic E-state index is 12.8. The second-order valence-corrected chi connectivity index (χ2v) is 8.46. The van der Waals surface area contributed by atoms with Gasteiger partial charge in [-0.05, 0) is 29.8 Å². The minimum absolute atomic E-state index is 0.00771. The first-order chi connectivity index (χ1) is 16.1. The summed E-state index contributed by atoms with van der Waals surface area (Å²) in [7, 11) is 1.99. The van der Waals surface area contributed by atoms with Crippen LogP contribution in [0.25, 0.3) is 11.0 Å². The third-order valence-electron chi connectivity index (χ3n) is 6.17. The Balaban J connectivity index is 1.11. The molecule has 2 amide bonds. The van der Waals surface area contributed by atoms with Gasteiger partial charge in [0.2, 0.25) is 5.91 Å². The fourth-order valence-corrected chi connectivity index (χ4v) is 4.25. The molecule has 1 N–H and O–H groups in total. The summed E-state index contributed by atoms with van der Waals surface area (Å²) in [6.45, 7) is 2.08. The zero-order valence-electron chi connectivity index (χ0n) is 18.5. The van der Waals surface area contributed by atoms with E-state index >= 15 is 0 Å². The highest BCUT2D eigenvalue weighted by Crippen LogP contribution is 2.20. The third kappa shape index (κ3) is 4.37. The first-order valence-corrected chi connectivity index (χ1v) is 11.1. The van der Waals surface area contributed by atoms with Crippen molar-refractivity contribution in [1.82, 2.24) is 29.3 Å². The molecule has 0 spiro atoms. The Labute approximate surface area is 191 Å². The van der Waals surface area contributed by atoms with E-state index in [0.29, 0.717) is 38.2 Å². The van der Waals surface area contributed by atoms with Crippen molar-refractivity contribution in [2.75, 3.05) is 19.6 Å². The van der Waals surface area contributed by atoms with Crippen LogP contribution in [0.3, 0.4) is 0 Å². The van der Waals surface area contributed by atoms with Gasteiger partial charge in [-0.15, -0.1) is 0 Å². The number of imidazole rings is 2. The smallest absolute Gasteiger partial charge is 0.253 e. The molecule has 4 aromatic rings. The SMILES string of the molecule is Cn1c(CCNC(=O)C2CN(C(=O)c3cccc(Cn4ccnc4)c3)C2)nc2ccccc21. The van der Waals surface area contributed by atoms with Gasteiger partial charge in [0.15, 0.2) is 0 Å². The monoisotopic (exact) mass is 442 g/mol. The lowest BCUT2D eigenvalue weighted by Gasteiger charge is -2.38. The second kappa shape index (κ2) is 8.90. The number of nitrogens with one attached hydrogen (secondary N) is 1. The summed E-state index contributed by atoms with van der Waals surface area (Å²) < 4.78 is 4.02. The Hall–Kier alpha value is -3.94. The zero-order chi connectivity index (χ0) is 22.8. The van der Waals surface area contributed by atoms with Crippen molar-refractivity contribution in [2.24, 2.45) is 13.0 Å². The summed E-state index contributed by atoms with van der Waals surface area (Å²) in [5, 5.41) is 3.00. The molecule has 1 saturated heterocycles. The van der Waals surface area contributed by atoms with Gasteiger partial charge >= 0.3 is 0 Å². The van der Waals surface area contributed by atoms with Crippen molar-refractivity contribution >= 4 is 22.8 Å². The van der Waals surface area contributed by atoms with E-state index < -0.39 is 0 Å². The molecule has 0 radical (unpaired) electrons. The summed E-state index contributed by atoms with van der Waals surface area (Å²) in [6.07, 6.45) is 6.04. The van der Waals surface area contributed by atoms with E-state index in [1.807, 2.05) is 66.3 Å². The number of hydrogen-bond donors (Lipinski definition) is 1. The van der Waals surface area contributed by atoms with Crippen molar-refractivity contribution in [2.45, 2.75) is 13.0 Å². The number of aryl methyl sites for hydroxylation is 1. The summed E-state index contributed by atoms with van der Waals surface area (Å²) in [4.78, 5) is 35.8. The first-order valence-electron chi connectivity index (χ1n) is 11.1. The molecule has 3 heterocycles. The summed E-state index contributed by atoms with van der Waals surface area (Å²) in [6, 6.07) is 15.6. The van der Waals surface area contributed by atoms with E-state index in [2.05, 4.69) is 19.9 Å². The number of para-hydroxylation sites is 2. The minimum atomic E-state index is -0.163. The molecule has 0 bridgehead atoms. The highest BCUT2D eigenvalue weighted by atomic mass is 16.2. The normalized spacial score (nSPS) is 13.8. The van der Waals surface area contributed by atoms with E-state index in [1.165, 1.54) is 0 Å². The fourth-order valence-electron chi connectivity index (χ4n) is 4.25. The van der Waals surface area contributed by atoms with Gasteiger partial charge in [0.25, 0.3) is 5.91 Å². The quantitative estimate of drug-likeness (QED) is 0.476. The summed E-state index contributed by atoms with van der Waals surface area (Å²) >= 11 is 0. The molecule has 1 aliphatic heterocycles. The minimum Gasteiger partial charge on any atom is -0.355 e. The number of carbonyl (C=O) groups excluding carboxylic acids is 2. The standard InChI is InChI=1S/C25H26N6O2/c1-29-22-8-3-2-7-21(22)28-23(29)9-10-27-24(32)20-15-31(16-20)25(33)19-6-4-5-18(13-19)14-30-12-11-26-17-30/h2-8,11-13,17,20H,9-10,14-16H2,1H3,(H,27,32). The van der Waals surface area contributed by atoms with Gasteiger partial charge in [-0.3, -0.25) is 9.59 Å². The number of fused-ring (bicyclic) bond motifs is 1. The lowest BCUT2D eigenvalue weighted by Crippen LogP contribution is -2.55. The zero-order valence-corrected chi connectivity index (χ0v) is 18.5. The van der Waals surface area contributed by atoms with Crippen LogP contribution in [0, 0.1) is 5.92 Å². The number of aromatic nitrogens is 4. The number of nitrogens with zero attached hydrogens (tertiary/aromatic N) is 5. The van der Waals surface area contributed by atoms with E-state index in [4.69, 9.17) is 0 Å². The van der Waals surface area contributed by atoms with Gasteiger partial charge in [-0.2, -0.15) is 0 Å². The van der Waals surface area contributed by atoms with Crippen molar-refractivity contribution in [3.63, 3.8) is 0 Å². The molecule has 0 saturated carbocycles. The molecule has 33 heavy (non-hydrogen) atoms. The first kappa shape index (κ1) is 20.9. The van der Waals surface area contributed by atoms with Gasteiger partial charge in [0, 0.05) is 57.6 Å². The predicted molar refractivity (Wildman–Crippen MR) is 125 cm³/mol. The van der Waals surface area contributed by atoms with Gasteiger partial charge in [-0.1, -0.05) is 24.3 Å². The van der Waals surface area contributed by atoms with Crippen LogP contribution in [0.4, 0.5) is 0 Å². The molecule has 8 nitrogen and oxygen atoms in total. The largest absolute Gasteiger partial charge is 0.355 e. The topological polar surface area (TPSA) is 85.0 Å². The molecule has 1 aliphatic rings. The van der Waals surface area contributed by atoms with Crippen molar-refractivity contribution in [1.29, 1.82) is 0 Å². The van der Waals surface area contributed by atoms with Crippen molar-refractivity contribution in [3.8, 4) is 0 Å². The Bertz CT molecular complexity index is 1290. The number of benzene rings is 2. The fraction of sp³-hybridized carbons (Fsp3) is 0.280. The van der Waals surface area contributed by atoms with E-state index in [9.17, 15) is 9.59 Å². The van der Waals surface area contributed by atoms with E-state index in [-0.39, 0.29) is 17.7 Å². The average Bonchev–Trinajstić information content (AvgIpc) is 3.41. The highest BCUT2D eigenvalue weighted by Gasteiger charge is 2.35. The number of likely N-dealkylation sites (tertiary alicyclic amines) is 1. The summed E-state index contributed by atoms with van der Waals surface area (Å²) in [5.74, 6) is 0.735. The molecule has 5 rings (SSSR count). The molecule has 8 heteroatoms. The predicted octanol–water partition coefficient (Wildman–Crippen LogP) is 2.25. The number of hydrogen-bond acceptors (Lipinski definition) is 4. The Kier molecular flexibility index (Phi) is 5.64. The maximum Gasteiger partial charge on any atom is 0.253 e. The summed E-state index contributed by atoms with van der Waals surface area (Å²) in [5.41, 5.74) is 3.73.